The van der Waals surface area contributed by atoms with Crippen LogP contribution in [0.2, 0.25) is 4.82 Å². The molecule has 4 aliphatic rings. The molecule has 1 aromatic carbocycles. The molecule has 0 spiro atoms. The minimum absolute atomic E-state index is 0.0397. The van der Waals surface area contributed by atoms with Crippen molar-refractivity contribution in [1.29, 1.82) is 0 Å². The molecule has 4 fully saturated rings. The molecule has 264 valence electrons. The summed E-state index contributed by atoms with van der Waals surface area (Å²) in [6, 6.07) is 10.3. The first-order valence-electron chi connectivity index (χ1n) is 18.7. The Bertz CT molecular complexity index is 1050. The molecule has 1 aromatic rings. The zero-order valence-electron chi connectivity index (χ0n) is 28.8. The van der Waals surface area contributed by atoms with Crippen LogP contribution in [0.4, 0.5) is 0 Å². The summed E-state index contributed by atoms with van der Waals surface area (Å²) in [6.45, 7) is 3.81. The summed E-state index contributed by atoms with van der Waals surface area (Å²) in [5.41, 5.74) is 0. The van der Waals surface area contributed by atoms with Gasteiger partial charge in [0.25, 0.3) is 0 Å². The first-order chi connectivity index (χ1) is 23.0. The molecule has 47 heavy (non-hydrogen) atoms. The standard InChI is InChI=1S/C39H60O7Se/c1-3-14-28-25-29(26-28)34(45-37-19-10-12-23-43-37)22-21-32-31(33(40)27-35(32)46-38-20-11-13-24-44-38)17-8-5-9-18-36(39(41)42-2)47-30-15-6-4-7-16-30/h4,6-7,15-16,21-22,28-29,31-38,40H,3,5,8-14,17-20,23-27H2,1-2H3/t28?,29?,31-,32-,33+,34-,35-,36?,37?,38?/m1/s1. The third-order valence-corrected chi connectivity index (χ3v) is 13.4. The number of benzene rings is 1. The third kappa shape index (κ3) is 11.4. The fourth-order valence-electron chi connectivity index (χ4n) is 8.06. The molecule has 3 unspecified atom stereocenters. The van der Waals surface area contributed by atoms with Crippen LogP contribution in [0.3, 0.4) is 0 Å². The molecule has 5 rings (SSSR count). The second-order valence-corrected chi connectivity index (χ2v) is 16.9. The number of carbonyl (C=O) groups is 1. The molecular weight excluding hydrogens is 659 g/mol. The van der Waals surface area contributed by atoms with E-state index in [0.29, 0.717) is 12.3 Å². The van der Waals surface area contributed by atoms with Crippen LogP contribution in [0.1, 0.15) is 110 Å². The summed E-state index contributed by atoms with van der Waals surface area (Å²) < 4.78 is 31.7. The van der Waals surface area contributed by atoms with Gasteiger partial charge in [-0.3, -0.25) is 0 Å². The Morgan fingerprint density at radius 1 is 0.979 bits per heavy atom. The summed E-state index contributed by atoms with van der Waals surface area (Å²) >= 11 is 0.0515. The molecule has 0 radical (unpaired) electrons. The maximum atomic E-state index is 12.6. The van der Waals surface area contributed by atoms with Crippen molar-refractivity contribution in [3.05, 3.63) is 42.5 Å². The quantitative estimate of drug-likeness (QED) is 0.0749. The van der Waals surface area contributed by atoms with E-state index in [1.54, 1.807) is 0 Å². The average molecular weight is 720 g/mol. The minimum atomic E-state index is -0.402. The van der Waals surface area contributed by atoms with Gasteiger partial charge in [-0.05, 0) is 50.9 Å². The molecule has 2 aliphatic heterocycles. The number of unbranched alkanes of at least 4 members (excludes halogenated alkanes) is 2. The van der Waals surface area contributed by atoms with Crippen LogP contribution in [-0.2, 0) is 28.5 Å². The molecular formula is C39H60O7Se. The Morgan fingerprint density at radius 3 is 2.40 bits per heavy atom. The van der Waals surface area contributed by atoms with Crippen molar-refractivity contribution in [2.24, 2.45) is 23.7 Å². The molecule has 1 N–H and O–H groups in total. The Kier molecular flexibility index (Phi) is 15.6. The Balaban J connectivity index is 1.20. The van der Waals surface area contributed by atoms with Crippen molar-refractivity contribution in [3.63, 3.8) is 0 Å². The van der Waals surface area contributed by atoms with Crippen LogP contribution in [-0.4, -0.2) is 77.2 Å². The van der Waals surface area contributed by atoms with Gasteiger partial charge in [0, 0.05) is 13.2 Å². The van der Waals surface area contributed by atoms with Crippen molar-refractivity contribution in [1.82, 2.24) is 0 Å². The fourth-order valence-corrected chi connectivity index (χ4v) is 10.4. The van der Waals surface area contributed by atoms with Gasteiger partial charge in [0.1, 0.15) is 0 Å². The van der Waals surface area contributed by atoms with E-state index in [1.165, 1.54) is 37.3 Å². The average Bonchev–Trinajstić information content (AvgIpc) is 3.37. The summed E-state index contributed by atoms with van der Waals surface area (Å²) in [4.78, 5) is 12.5. The molecule has 2 saturated heterocycles. The van der Waals surface area contributed by atoms with E-state index in [9.17, 15) is 9.90 Å². The van der Waals surface area contributed by atoms with Crippen molar-refractivity contribution in [2.45, 2.75) is 145 Å². The van der Waals surface area contributed by atoms with E-state index in [4.69, 9.17) is 23.7 Å². The van der Waals surface area contributed by atoms with Crippen LogP contribution in [0.5, 0.6) is 0 Å². The van der Waals surface area contributed by atoms with Gasteiger partial charge in [0.2, 0.25) is 0 Å². The summed E-state index contributed by atoms with van der Waals surface area (Å²) in [5.74, 6) is 1.48. The molecule has 2 aliphatic carbocycles. The number of rotatable bonds is 18. The summed E-state index contributed by atoms with van der Waals surface area (Å²) in [5, 5.41) is 11.4. The predicted molar refractivity (Wildman–Crippen MR) is 185 cm³/mol. The number of aliphatic hydroxyl groups excluding tert-OH is 1. The van der Waals surface area contributed by atoms with Crippen LogP contribution >= 0.6 is 0 Å². The molecule has 7 nitrogen and oxygen atoms in total. The number of carbonyl (C=O) groups excluding carboxylic acids is 1. The normalized spacial score (nSPS) is 32.6. The zero-order chi connectivity index (χ0) is 32.8. The molecule has 8 heteroatoms. The first kappa shape index (κ1) is 37.0. The van der Waals surface area contributed by atoms with E-state index in [0.717, 1.165) is 89.8 Å². The minimum Gasteiger partial charge on any atom is -0.353 e. The van der Waals surface area contributed by atoms with Crippen molar-refractivity contribution in [2.75, 3.05) is 20.3 Å². The van der Waals surface area contributed by atoms with Crippen molar-refractivity contribution >= 4 is 25.4 Å². The van der Waals surface area contributed by atoms with Crippen LogP contribution in [0.15, 0.2) is 42.5 Å². The van der Waals surface area contributed by atoms with E-state index in [-0.39, 0.29) is 62.4 Å². The van der Waals surface area contributed by atoms with Crippen LogP contribution in [0, 0.1) is 23.7 Å². The van der Waals surface area contributed by atoms with Gasteiger partial charge in [-0.1, -0.05) is 19.8 Å². The van der Waals surface area contributed by atoms with Gasteiger partial charge in [-0.25, -0.2) is 0 Å². The fraction of sp³-hybridized carbons (Fsp3) is 0.769. The number of esters is 1. The van der Waals surface area contributed by atoms with Gasteiger partial charge >= 0.3 is 196 Å². The Hall–Kier alpha value is -1.25. The van der Waals surface area contributed by atoms with Crippen LogP contribution < -0.4 is 4.46 Å². The molecule has 0 bridgehead atoms. The van der Waals surface area contributed by atoms with E-state index in [2.05, 4.69) is 31.2 Å². The van der Waals surface area contributed by atoms with Gasteiger partial charge in [-0.15, -0.1) is 0 Å². The van der Waals surface area contributed by atoms with Gasteiger partial charge < -0.3 is 4.74 Å². The maximum absolute atomic E-state index is 12.6. The Labute approximate surface area is 290 Å². The molecule has 0 amide bonds. The second-order valence-electron chi connectivity index (χ2n) is 14.3. The zero-order valence-corrected chi connectivity index (χ0v) is 30.6. The second kappa shape index (κ2) is 19.8. The smallest absolute Gasteiger partial charge is 0.353 e. The predicted octanol–water partition coefficient (Wildman–Crippen LogP) is 7.13. The number of hydrogen-bond acceptors (Lipinski definition) is 7. The topological polar surface area (TPSA) is 83.5 Å². The number of ether oxygens (including phenoxy) is 5. The first-order valence-corrected chi connectivity index (χ1v) is 20.6. The number of aliphatic hydroxyl groups is 1. The third-order valence-electron chi connectivity index (χ3n) is 10.7. The number of hydrogen-bond donors (Lipinski definition) is 1. The van der Waals surface area contributed by atoms with Crippen molar-refractivity contribution in [3.8, 4) is 0 Å². The Morgan fingerprint density at radius 2 is 1.72 bits per heavy atom. The molecule has 2 saturated carbocycles. The summed E-state index contributed by atoms with van der Waals surface area (Å²) in [6.07, 6.45) is 20.7. The molecule has 8 atom stereocenters. The monoisotopic (exact) mass is 720 g/mol. The van der Waals surface area contributed by atoms with E-state index >= 15 is 0 Å². The van der Waals surface area contributed by atoms with Crippen molar-refractivity contribution < 1.29 is 33.6 Å². The van der Waals surface area contributed by atoms with Gasteiger partial charge in [0.05, 0.1) is 0 Å². The van der Waals surface area contributed by atoms with E-state index < -0.39 is 6.10 Å². The van der Waals surface area contributed by atoms with Gasteiger partial charge in [0.15, 0.2) is 6.29 Å². The number of methoxy groups -OCH3 is 1. The summed E-state index contributed by atoms with van der Waals surface area (Å²) in [7, 11) is 1.49. The van der Waals surface area contributed by atoms with Crippen LogP contribution in [0.25, 0.3) is 0 Å². The molecule has 0 aromatic heterocycles. The van der Waals surface area contributed by atoms with Gasteiger partial charge in [-0.2, -0.15) is 0 Å². The van der Waals surface area contributed by atoms with E-state index in [1.807, 2.05) is 18.2 Å². The SMILES string of the molecule is CCCC1CC([C@@H](C=C[C@@H]2[C@@H](CCCCCC([Se]c3ccccc3)C(=O)OC)[C@@H](O)C[C@H]2OC2CCCCO2)OC2CCCCO2)C1. The molecule has 2 heterocycles.